The van der Waals surface area contributed by atoms with Crippen molar-refractivity contribution in [2.45, 2.75) is 11.7 Å². The first-order valence-electron chi connectivity index (χ1n) is 10.5. The number of piperazine rings is 1. The van der Waals surface area contributed by atoms with Crippen LogP contribution in [0.25, 0.3) is 11.4 Å². The van der Waals surface area contributed by atoms with Gasteiger partial charge in [-0.05, 0) is 23.6 Å². The van der Waals surface area contributed by atoms with Gasteiger partial charge in [-0.15, -0.1) is 28.1 Å². The molecule has 0 spiro atoms. The van der Waals surface area contributed by atoms with Gasteiger partial charge in [0.05, 0.1) is 23.3 Å². The van der Waals surface area contributed by atoms with E-state index >= 15 is 0 Å². The summed E-state index contributed by atoms with van der Waals surface area (Å²) in [6.07, 6.45) is 1.78. The lowest BCUT2D eigenvalue weighted by Gasteiger charge is -2.34. The molecule has 33 heavy (non-hydrogen) atoms. The minimum atomic E-state index is 0.0233. The molecule has 1 saturated heterocycles. The summed E-state index contributed by atoms with van der Waals surface area (Å²) in [7, 11) is 1.62. The first-order chi connectivity index (χ1) is 16.1. The third-order valence-electron chi connectivity index (χ3n) is 5.35. The predicted octanol–water partition coefficient (Wildman–Crippen LogP) is 3.28. The maximum absolute atomic E-state index is 12.8. The molecule has 0 saturated carbocycles. The van der Waals surface area contributed by atoms with Crippen LogP contribution >= 0.6 is 23.1 Å². The van der Waals surface area contributed by atoms with Crippen molar-refractivity contribution in [3.63, 3.8) is 0 Å². The molecule has 1 aromatic carbocycles. The number of carbonyl (C=O) groups excluding carboxylic acids is 2. The third kappa shape index (κ3) is 5.12. The van der Waals surface area contributed by atoms with E-state index in [0.29, 0.717) is 49.5 Å². The molecule has 2 aromatic heterocycles. The van der Waals surface area contributed by atoms with Crippen molar-refractivity contribution in [3.05, 3.63) is 59.3 Å². The van der Waals surface area contributed by atoms with Gasteiger partial charge >= 0.3 is 0 Å². The molecule has 3 heterocycles. The maximum Gasteiger partial charge on any atom is 0.264 e. The highest BCUT2D eigenvalue weighted by Gasteiger charge is 2.26. The van der Waals surface area contributed by atoms with Crippen molar-refractivity contribution >= 4 is 34.9 Å². The minimum absolute atomic E-state index is 0.0233. The van der Waals surface area contributed by atoms with Crippen molar-refractivity contribution in [1.29, 1.82) is 0 Å². The second-order valence-electron chi connectivity index (χ2n) is 7.34. The first-order valence-corrected chi connectivity index (χ1v) is 12.4. The molecule has 0 aliphatic carbocycles. The predicted molar refractivity (Wildman–Crippen MR) is 130 cm³/mol. The van der Waals surface area contributed by atoms with Gasteiger partial charge in [0.1, 0.15) is 5.75 Å². The number of para-hydroxylation sites is 1. The molecule has 0 unspecified atom stereocenters. The Labute approximate surface area is 200 Å². The second kappa shape index (κ2) is 10.7. The minimum Gasteiger partial charge on any atom is -0.496 e. The number of nitrogens with zero attached hydrogens (tertiary/aromatic N) is 5. The highest BCUT2D eigenvalue weighted by Crippen LogP contribution is 2.31. The zero-order chi connectivity index (χ0) is 23.2. The number of hydrogen-bond donors (Lipinski definition) is 0. The number of rotatable bonds is 8. The molecule has 172 valence electrons. The van der Waals surface area contributed by atoms with E-state index in [9.17, 15) is 9.59 Å². The van der Waals surface area contributed by atoms with E-state index in [4.69, 9.17) is 4.74 Å². The average Bonchev–Trinajstić information content (AvgIpc) is 3.53. The van der Waals surface area contributed by atoms with E-state index in [1.54, 1.807) is 18.1 Å². The van der Waals surface area contributed by atoms with Crippen LogP contribution in [-0.2, 0) is 11.3 Å². The Morgan fingerprint density at radius 2 is 1.88 bits per heavy atom. The molecular formula is C23H25N5O3S2. The highest BCUT2D eigenvalue weighted by molar-refractivity contribution is 7.99. The number of benzene rings is 1. The van der Waals surface area contributed by atoms with E-state index < -0.39 is 0 Å². The lowest BCUT2D eigenvalue weighted by molar-refractivity contribution is -0.129. The normalized spacial score (nSPS) is 13.7. The number of ether oxygens (including phenoxy) is 1. The van der Waals surface area contributed by atoms with E-state index in [1.165, 1.54) is 23.1 Å². The number of thiophene rings is 1. The quantitative estimate of drug-likeness (QED) is 0.361. The number of allylic oxidation sites excluding steroid dienone is 1. The van der Waals surface area contributed by atoms with Gasteiger partial charge in [0.25, 0.3) is 5.91 Å². The standard InChI is InChI=1S/C23H25N5O3S2/c1-3-10-28-21(17-7-4-5-8-18(17)31-2)24-25-23(28)33-16-20(29)26-11-13-27(14-12-26)22(30)19-9-6-15-32-19/h3-9,15H,1,10-14,16H2,2H3. The van der Waals surface area contributed by atoms with Crippen LogP contribution in [0.1, 0.15) is 9.67 Å². The summed E-state index contributed by atoms with van der Waals surface area (Å²) < 4.78 is 7.40. The van der Waals surface area contributed by atoms with Gasteiger partial charge in [0.15, 0.2) is 11.0 Å². The van der Waals surface area contributed by atoms with Gasteiger partial charge in [-0.1, -0.05) is 36.0 Å². The number of hydrogen-bond acceptors (Lipinski definition) is 7. The van der Waals surface area contributed by atoms with Gasteiger partial charge < -0.3 is 14.5 Å². The molecule has 10 heteroatoms. The molecular weight excluding hydrogens is 458 g/mol. The zero-order valence-electron chi connectivity index (χ0n) is 18.3. The molecule has 0 bridgehead atoms. The first kappa shape index (κ1) is 23.1. The summed E-state index contributed by atoms with van der Waals surface area (Å²) in [4.78, 5) is 29.7. The molecule has 4 rings (SSSR count). The van der Waals surface area contributed by atoms with E-state index in [0.717, 1.165) is 10.4 Å². The lowest BCUT2D eigenvalue weighted by Crippen LogP contribution is -2.51. The van der Waals surface area contributed by atoms with E-state index in [1.807, 2.05) is 51.2 Å². The van der Waals surface area contributed by atoms with Crippen molar-refractivity contribution < 1.29 is 14.3 Å². The van der Waals surface area contributed by atoms with Gasteiger partial charge in [-0.25, -0.2) is 0 Å². The molecule has 1 aliphatic rings. The molecule has 0 radical (unpaired) electrons. The Bertz CT molecular complexity index is 1120. The second-order valence-corrected chi connectivity index (χ2v) is 9.23. The Balaban J connectivity index is 1.38. The topological polar surface area (TPSA) is 80.6 Å². The number of thioether (sulfide) groups is 1. The smallest absolute Gasteiger partial charge is 0.264 e. The third-order valence-corrected chi connectivity index (χ3v) is 7.16. The van der Waals surface area contributed by atoms with Crippen LogP contribution in [0.15, 0.2) is 59.6 Å². The van der Waals surface area contributed by atoms with Gasteiger partial charge in [0, 0.05) is 32.7 Å². The van der Waals surface area contributed by atoms with Gasteiger partial charge in [-0.3, -0.25) is 14.2 Å². The number of methoxy groups -OCH3 is 1. The summed E-state index contributed by atoms with van der Waals surface area (Å²) in [5.74, 6) is 1.68. The summed E-state index contributed by atoms with van der Waals surface area (Å²) in [5, 5.41) is 11.2. The van der Waals surface area contributed by atoms with Crippen LogP contribution in [0.4, 0.5) is 0 Å². The molecule has 1 fully saturated rings. The molecule has 2 amide bonds. The Morgan fingerprint density at radius 1 is 1.12 bits per heavy atom. The lowest BCUT2D eigenvalue weighted by atomic mass is 10.2. The van der Waals surface area contributed by atoms with Crippen LogP contribution in [0.5, 0.6) is 5.75 Å². The fourth-order valence-corrected chi connectivity index (χ4v) is 5.19. The maximum atomic E-state index is 12.8. The van der Waals surface area contributed by atoms with Crippen molar-refractivity contribution in [2.75, 3.05) is 39.0 Å². The van der Waals surface area contributed by atoms with Crippen LogP contribution in [-0.4, -0.2) is 75.4 Å². The van der Waals surface area contributed by atoms with Crippen molar-refractivity contribution in [1.82, 2.24) is 24.6 Å². The Hall–Kier alpha value is -3.11. The zero-order valence-corrected chi connectivity index (χ0v) is 20.0. The summed E-state index contributed by atoms with van der Waals surface area (Å²) in [6.45, 7) is 6.49. The number of aromatic nitrogens is 3. The molecule has 1 aliphatic heterocycles. The fraction of sp³-hybridized carbons (Fsp3) is 0.304. The highest BCUT2D eigenvalue weighted by atomic mass is 32.2. The number of amides is 2. The number of carbonyl (C=O) groups is 2. The van der Waals surface area contributed by atoms with Gasteiger partial charge in [0.2, 0.25) is 5.91 Å². The molecule has 0 N–H and O–H groups in total. The fourth-order valence-electron chi connectivity index (χ4n) is 3.65. The molecule has 8 nitrogen and oxygen atoms in total. The van der Waals surface area contributed by atoms with Gasteiger partial charge in [-0.2, -0.15) is 0 Å². The monoisotopic (exact) mass is 483 g/mol. The van der Waals surface area contributed by atoms with Crippen LogP contribution < -0.4 is 4.74 Å². The summed E-state index contributed by atoms with van der Waals surface area (Å²) in [6, 6.07) is 11.3. The molecule has 0 atom stereocenters. The largest absolute Gasteiger partial charge is 0.496 e. The summed E-state index contributed by atoms with van der Waals surface area (Å²) in [5.41, 5.74) is 0.832. The van der Waals surface area contributed by atoms with Crippen molar-refractivity contribution in [2.24, 2.45) is 0 Å². The Kier molecular flexibility index (Phi) is 7.46. The van der Waals surface area contributed by atoms with E-state index in [2.05, 4.69) is 16.8 Å². The SMILES string of the molecule is C=CCn1c(SCC(=O)N2CCN(C(=O)c3cccs3)CC2)nnc1-c1ccccc1OC. The van der Waals surface area contributed by atoms with Crippen LogP contribution in [0.3, 0.4) is 0 Å². The summed E-state index contributed by atoms with van der Waals surface area (Å²) >= 11 is 2.79. The average molecular weight is 484 g/mol. The Morgan fingerprint density at radius 3 is 2.58 bits per heavy atom. The van der Waals surface area contributed by atoms with Crippen molar-refractivity contribution in [3.8, 4) is 17.1 Å². The van der Waals surface area contributed by atoms with Crippen LogP contribution in [0, 0.1) is 0 Å². The van der Waals surface area contributed by atoms with Crippen LogP contribution in [0.2, 0.25) is 0 Å². The van der Waals surface area contributed by atoms with E-state index in [-0.39, 0.29) is 17.6 Å². The molecule has 3 aromatic rings.